The third-order valence-corrected chi connectivity index (χ3v) is 5.89. The van der Waals surface area contributed by atoms with Crippen LogP contribution in [0, 0.1) is 6.92 Å². The van der Waals surface area contributed by atoms with E-state index in [-0.39, 0.29) is 18.1 Å². The monoisotopic (exact) mass is 481 g/mol. The third-order valence-electron chi connectivity index (χ3n) is 5.89. The number of methoxy groups -OCH3 is 3. The Bertz CT molecular complexity index is 1340. The lowest BCUT2D eigenvalue weighted by Gasteiger charge is -2.21. The van der Waals surface area contributed by atoms with Crippen molar-refractivity contribution < 1.29 is 37.6 Å². The van der Waals surface area contributed by atoms with Crippen molar-refractivity contribution in [3.63, 3.8) is 0 Å². The van der Waals surface area contributed by atoms with Crippen LogP contribution >= 0.6 is 0 Å². The molecular weight excluding hydrogens is 458 g/mol. The number of fused-ring (bicyclic) bond motifs is 2. The van der Waals surface area contributed by atoms with Gasteiger partial charge in [-0.1, -0.05) is 0 Å². The van der Waals surface area contributed by atoms with Crippen LogP contribution in [0.2, 0.25) is 0 Å². The van der Waals surface area contributed by atoms with Crippen LogP contribution in [0.5, 0.6) is 34.5 Å². The summed E-state index contributed by atoms with van der Waals surface area (Å²) in [4.78, 5) is 26.4. The fourth-order valence-electron chi connectivity index (χ4n) is 4.34. The number of carbonyl (C=O) groups is 1. The lowest BCUT2D eigenvalue weighted by molar-refractivity contribution is -0.122. The van der Waals surface area contributed by atoms with Gasteiger partial charge in [0, 0.05) is 17.8 Å². The molecule has 0 bridgehead atoms. The molecule has 5 rings (SSSR count). The Hall–Kier alpha value is -4.34. The molecule has 2 atom stereocenters. The molecule has 10 nitrogen and oxygen atoms in total. The number of rotatable bonds is 6. The Kier molecular flexibility index (Phi) is 5.64. The van der Waals surface area contributed by atoms with Crippen LogP contribution in [0.4, 0.5) is 5.69 Å². The SMILES string of the molecule is COc1cc(C2c3c(cc(C)oc3=O)OC2C(=O)Nc2ccc3c(c2)OCO3)cc(OC)c1OC. The second-order valence-corrected chi connectivity index (χ2v) is 7.95. The van der Waals surface area contributed by atoms with Gasteiger partial charge in [-0.15, -0.1) is 0 Å². The van der Waals surface area contributed by atoms with Crippen molar-refractivity contribution in [2.75, 3.05) is 33.4 Å². The molecular formula is C25H23NO9. The third kappa shape index (κ3) is 3.86. The fraction of sp³-hybridized carbons (Fsp3) is 0.280. The second kappa shape index (κ2) is 8.79. The number of hydrogen-bond acceptors (Lipinski definition) is 9. The molecule has 0 fully saturated rings. The number of carbonyl (C=O) groups excluding carboxylic acids is 1. The van der Waals surface area contributed by atoms with E-state index < -0.39 is 23.6 Å². The van der Waals surface area contributed by atoms with Crippen molar-refractivity contribution >= 4 is 11.6 Å². The maximum Gasteiger partial charge on any atom is 0.343 e. The highest BCUT2D eigenvalue weighted by molar-refractivity contribution is 5.96. The number of nitrogens with one attached hydrogen (secondary N) is 1. The normalized spacial score (nSPS) is 17.4. The summed E-state index contributed by atoms with van der Waals surface area (Å²) in [5.41, 5.74) is 0.693. The Balaban J connectivity index is 1.58. The second-order valence-electron chi connectivity index (χ2n) is 7.95. The van der Waals surface area contributed by atoms with Gasteiger partial charge in [-0.3, -0.25) is 4.79 Å². The first kappa shape index (κ1) is 22.5. The Labute approximate surface area is 200 Å². The highest BCUT2D eigenvalue weighted by Gasteiger charge is 2.44. The minimum Gasteiger partial charge on any atom is -0.493 e. The minimum atomic E-state index is -1.08. The van der Waals surface area contributed by atoms with E-state index in [0.717, 1.165) is 0 Å². The maximum absolute atomic E-state index is 13.5. The van der Waals surface area contributed by atoms with E-state index in [1.807, 2.05) is 0 Å². The molecule has 1 N–H and O–H groups in total. The number of ether oxygens (including phenoxy) is 6. The summed E-state index contributed by atoms with van der Waals surface area (Å²) >= 11 is 0. The summed E-state index contributed by atoms with van der Waals surface area (Å²) in [6, 6.07) is 10.0. The van der Waals surface area contributed by atoms with Gasteiger partial charge in [0.15, 0.2) is 29.1 Å². The first-order valence-electron chi connectivity index (χ1n) is 10.7. The first-order chi connectivity index (χ1) is 16.9. The molecule has 0 radical (unpaired) electrons. The summed E-state index contributed by atoms with van der Waals surface area (Å²) in [6.07, 6.45) is -1.08. The molecule has 182 valence electrons. The molecule has 3 heterocycles. The van der Waals surface area contributed by atoms with Crippen molar-refractivity contribution in [1.29, 1.82) is 0 Å². The predicted octanol–water partition coefficient (Wildman–Crippen LogP) is 3.23. The van der Waals surface area contributed by atoms with Crippen molar-refractivity contribution in [1.82, 2.24) is 0 Å². The van der Waals surface area contributed by atoms with Gasteiger partial charge in [-0.05, 0) is 36.8 Å². The molecule has 2 aromatic carbocycles. The standard InChI is InChI=1S/C25H23NO9/c1-12-7-17-21(25(28)34-12)20(13-8-18(29-2)22(31-4)19(9-13)30-3)23(35-17)24(27)26-14-5-6-15-16(10-14)33-11-32-15/h5-10,20,23H,11H2,1-4H3,(H,26,27). The molecule has 0 saturated heterocycles. The summed E-state index contributed by atoms with van der Waals surface area (Å²) < 4.78 is 38.4. The molecule has 1 amide bonds. The Morgan fingerprint density at radius 2 is 1.66 bits per heavy atom. The van der Waals surface area contributed by atoms with Gasteiger partial charge in [0.05, 0.1) is 32.8 Å². The van der Waals surface area contributed by atoms with E-state index in [1.165, 1.54) is 21.3 Å². The van der Waals surface area contributed by atoms with E-state index in [9.17, 15) is 9.59 Å². The van der Waals surface area contributed by atoms with Crippen molar-refractivity contribution in [2.24, 2.45) is 0 Å². The number of anilines is 1. The van der Waals surface area contributed by atoms with Crippen molar-refractivity contribution in [2.45, 2.75) is 18.9 Å². The molecule has 35 heavy (non-hydrogen) atoms. The zero-order chi connectivity index (χ0) is 24.7. The molecule has 10 heteroatoms. The lowest BCUT2D eigenvalue weighted by Crippen LogP contribution is -2.35. The summed E-state index contributed by atoms with van der Waals surface area (Å²) in [5.74, 6) is 1.64. The van der Waals surface area contributed by atoms with Gasteiger partial charge in [-0.25, -0.2) is 4.79 Å². The molecule has 2 unspecified atom stereocenters. The van der Waals surface area contributed by atoms with Crippen LogP contribution in [0.3, 0.4) is 0 Å². The molecule has 0 spiro atoms. The summed E-state index contributed by atoms with van der Waals surface area (Å²) in [5, 5.41) is 2.84. The topological polar surface area (TPSA) is 115 Å². The first-order valence-corrected chi connectivity index (χ1v) is 10.7. The van der Waals surface area contributed by atoms with Crippen LogP contribution in [0.25, 0.3) is 0 Å². The number of benzene rings is 2. The molecule has 2 aliphatic rings. The fourth-order valence-corrected chi connectivity index (χ4v) is 4.34. The molecule has 0 saturated carbocycles. The van der Waals surface area contributed by atoms with Gasteiger partial charge in [0.25, 0.3) is 5.91 Å². The minimum absolute atomic E-state index is 0.117. The number of aryl methyl sites for hydroxylation is 1. The number of hydrogen-bond donors (Lipinski definition) is 1. The zero-order valence-corrected chi connectivity index (χ0v) is 19.5. The average Bonchev–Trinajstić information content (AvgIpc) is 3.47. The van der Waals surface area contributed by atoms with Gasteiger partial charge in [0.1, 0.15) is 11.5 Å². The molecule has 3 aromatic rings. The van der Waals surface area contributed by atoms with Gasteiger partial charge >= 0.3 is 5.63 Å². The zero-order valence-electron chi connectivity index (χ0n) is 19.5. The van der Waals surface area contributed by atoms with Crippen LogP contribution in [0.15, 0.2) is 45.6 Å². The van der Waals surface area contributed by atoms with E-state index in [1.54, 1.807) is 43.3 Å². The molecule has 0 aliphatic carbocycles. The Morgan fingerprint density at radius 3 is 2.34 bits per heavy atom. The van der Waals surface area contributed by atoms with Crippen LogP contribution in [-0.2, 0) is 4.79 Å². The van der Waals surface area contributed by atoms with Gasteiger partial charge < -0.3 is 38.2 Å². The Morgan fingerprint density at radius 1 is 0.943 bits per heavy atom. The lowest BCUT2D eigenvalue weighted by atomic mass is 9.88. The quantitative estimate of drug-likeness (QED) is 0.567. The average molecular weight is 481 g/mol. The van der Waals surface area contributed by atoms with E-state index in [4.69, 9.17) is 32.8 Å². The van der Waals surface area contributed by atoms with E-state index >= 15 is 0 Å². The smallest absolute Gasteiger partial charge is 0.343 e. The highest BCUT2D eigenvalue weighted by Crippen LogP contribution is 2.46. The van der Waals surface area contributed by atoms with Gasteiger partial charge in [-0.2, -0.15) is 0 Å². The number of amides is 1. The molecule has 2 aliphatic heterocycles. The summed E-state index contributed by atoms with van der Waals surface area (Å²) in [7, 11) is 4.47. The largest absolute Gasteiger partial charge is 0.493 e. The highest BCUT2D eigenvalue weighted by atomic mass is 16.7. The van der Waals surface area contributed by atoms with Crippen molar-refractivity contribution in [3.05, 3.63) is 63.7 Å². The van der Waals surface area contributed by atoms with Crippen LogP contribution < -0.4 is 39.4 Å². The van der Waals surface area contributed by atoms with Crippen LogP contribution in [0.1, 0.15) is 22.8 Å². The van der Waals surface area contributed by atoms with E-state index in [0.29, 0.717) is 45.8 Å². The summed E-state index contributed by atoms with van der Waals surface area (Å²) in [6.45, 7) is 1.76. The maximum atomic E-state index is 13.5. The van der Waals surface area contributed by atoms with Crippen molar-refractivity contribution in [3.8, 4) is 34.5 Å². The van der Waals surface area contributed by atoms with E-state index in [2.05, 4.69) is 5.32 Å². The van der Waals surface area contributed by atoms with Gasteiger partial charge in [0.2, 0.25) is 12.5 Å². The van der Waals surface area contributed by atoms with Crippen LogP contribution in [-0.4, -0.2) is 40.1 Å². The molecule has 1 aromatic heterocycles. The predicted molar refractivity (Wildman–Crippen MR) is 123 cm³/mol.